The molecule has 3 aromatic rings. The molecule has 8 heteroatoms. The molecule has 0 aliphatic rings. The Morgan fingerprint density at radius 2 is 1.73 bits per heavy atom. The number of hydrogen-bond donors (Lipinski definition) is 1. The van der Waals surface area contributed by atoms with Crippen LogP contribution in [0, 0.1) is 26.6 Å². The number of nitrogens with zero attached hydrogens (tertiary/aromatic N) is 1. The van der Waals surface area contributed by atoms with Gasteiger partial charge in [-0.15, -0.1) is 11.3 Å². The highest BCUT2D eigenvalue weighted by molar-refractivity contribution is 7.91. The van der Waals surface area contributed by atoms with Crippen molar-refractivity contribution in [2.75, 3.05) is 11.1 Å². The van der Waals surface area contributed by atoms with Gasteiger partial charge in [0.05, 0.1) is 16.3 Å². The zero-order valence-electron chi connectivity index (χ0n) is 17.0. The molecule has 30 heavy (non-hydrogen) atoms. The average Bonchev–Trinajstić information content (AvgIpc) is 3.08. The largest absolute Gasteiger partial charge is 0.302 e. The first kappa shape index (κ1) is 22.1. The number of halogens is 1. The number of benzene rings is 2. The van der Waals surface area contributed by atoms with Crippen LogP contribution in [0.5, 0.6) is 0 Å². The molecule has 0 unspecified atom stereocenters. The molecule has 2 aromatic carbocycles. The minimum absolute atomic E-state index is 0.0534. The number of aryl methyl sites for hydroxylation is 3. The summed E-state index contributed by atoms with van der Waals surface area (Å²) in [5, 5.41) is 5.12. The first-order valence-corrected chi connectivity index (χ1v) is 12.0. The van der Waals surface area contributed by atoms with Gasteiger partial charge < -0.3 is 5.32 Å². The molecule has 0 spiro atoms. The summed E-state index contributed by atoms with van der Waals surface area (Å²) in [7, 11) is -3.55. The van der Waals surface area contributed by atoms with Crippen LogP contribution in [-0.4, -0.2) is 25.1 Å². The summed E-state index contributed by atoms with van der Waals surface area (Å²) in [6, 6.07) is 8.88. The summed E-state index contributed by atoms with van der Waals surface area (Å²) in [6.07, 6.45) is 0.220. The Balaban J connectivity index is 1.58. The number of amides is 1. The maximum absolute atomic E-state index is 13.0. The second-order valence-electron chi connectivity index (χ2n) is 7.24. The zero-order chi connectivity index (χ0) is 21.9. The van der Waals surface area contributed by atoms with Crippen molar-refractivity contribution in [3.63, 3.8) is 0 Å². The molecular weight excluding hydrogens is 423 g/mol. The van der Waals surface area contributed by atoms with Gasteiger partial charge in [-0.3, -0.25) is 4.79 Å². The Morgan fingerprint density at radius 3 is 2.37 bits per heavy atom. The van der Waals surface area contributed by atoms with Crippen LogP contribution in [0.3, 0.4) is 0 Å². The number of rotatable bonds is 7. The summed E-state index contributed by atoms with van der Waals surface area (Å²) in [6.45, 7) is 6.12. The van der Waals surface area contributed by atoms with Crippen molar-refractivity contribution in [1.82, 2.24) is 4.98 Å². The molecule has 0 aliphatic carbocycles. The Bertz CT molecular complexity index is 1150. The molecule has 158 valence electrons. The van der Waals surface area contributed by atoms with Crippen LogP contribution >= 0.6 is 11.3 Å². The van der Waals surface area contributed by atoms with Crippen LogP contribution in [0.2, 0.25) is 0 Å². The van der Waals surface area contributed by atoms with Crippen molar-refractivity contribution in [2.45, 2.75) is 38.5 Å². The summed E-state index contributed by atoms with van der Waals surface area (Å²) in [4.78, 5) is 16.8. The van der Waals surface area contributed by atoms with E-state index in [9.17, 15) is 17.6 Å². The number of carbonyl (C=O) groups excluding carboxylic acids is 1. The lowest BCUT2D eigenvalue weighted by atomic mass is 9.98. The second-order valence-corrected chi connectivity index (χ2v) is 10.2. The summed E-state index contributed by atoms with van der Waals surface area (Å²) in [5.74, 6) is -0.966. The first-order valence-electron chi connectivity index (χ1n) is 9.47. The molecular formula is C22H23FN2O3S2. The van der Waals surface area contributed by atoms with Crippen molar-refractivity contribution in [2.24, 2.45) is 0 Å². The molecule has 0 aliphatic heterocycles. The molecule has 0 saturated carbocycles. The lowest BCUT2D eigenvalue weighted by Crippen LogP contribution is -2.14. The third kappa shape index (κ3) is 5.31. The molecule has 0 atom stereocenters. The van der Waals surface area contributed by atoms with E-state index < -0.39 is 15.7 Å². The predicted molar refractivity (Wildman–Crippen MR) is 118 cm³/mol. The highest BCUT2D eigenvalue weighted by atomic mass is 32.2. The average molecular weight is 447 g/mol. The Hall–Kier alpha value is -2.58. The minimum Gasteiger partial charge on any atom is -0.302 e. The van der Waals surface area contributed by atoms with E-state index in [4.69, 9.17) is 0 Å². The highest BCUT2D eigenvalue weighted by Crippen LogP contribution is 2.31. The second kappa shape index (κ2) is 9.06. The third-order valence-corrected chi connectivity index (χ3v) is 7.25. The van der Waals surface area contributed by atoms with E-state index in [2.05, 4.69) is 22.4 Å². The molecule has 5 nitrogen and oxygen atoms in total. The van der Waals surface area contributed by atoms with E-state index in [1.165, 1.54) is 29.0 Å². The Morgan fingerprint density at radius 1 is 1.10 bits per heavy atom. The van der Waals surface area contributed by atoms with Gasteiger partial charge in [-0.2, -0.15) is 0 Å². The number of hydrogen-bond acceptors (Lipinski definition) is 5. The smallest absolute Gasteiger partial charge is 0.226 e. The van der Waals surface area contributed by atoms with E-state index in [1.54, 1.807) is 0 Å². The summed E-state index contributed by atoms with van der Waals surface area (Å²) >= 11 is 1.33. The van der Waals surface area contributed by atoms with E-state index in [-0.39, 0.29) is 29.4 Å². The van der Waals surface area contributed by atoms with Crippen LogP contribution in [0.1, 0.15) is 29.5 Å². The maximum Gasteiger partial charge on any atom is 0.226 e. The van der Waals surface area contributed by atoms with Gasteiger partial charge in [0.1, 0.15) is 5.82 Å². The van der Waals surface area contributed by atoms with Crippen molar-refractivity contribution >= 4 is 32.2 Å². The number of nitrogens with one attached hydrogen (secondary N) is 1. The number of anilines is 1. The number of aromatic nitrogens is 1. The number of thiazole rings is 1. The topological polar surface area (TPSA) is 76.1 Å². The van der Waals surface area contributed by atoms with Crippen molar-refractivity contribution in [3.05, 3.63) is 64.3 Å². The summed E-state index contributed by atoms with van der Waals surface area (Å²) < 4.78 is 37.5. The van der Waals surface area contributed by atoms with Crippen LogP contribution in [0.4, 0.5) is 9.52 Å². The molecule has 3 rings (SSSR count). The maximum atomic E-state index is 13.0. The fourth-order valence-corrected chi connectivity index (χ4v) is 5.42. The molecule has 1 heterocycles. The summed E-state index contributed by atoms with van der Waals surface area (Å²) in [5.41, 5.74) is 5.31. The third-order valence-electron chi connectivity index (χ3n) is 4.67. The van der Waals surface area contributed by atoms with Crippen molar-refractivity contribution in [1.29, 1.82) is 0 Å². The molecule has 0 radical (unpaired) electrons. The molecule has 0 fully saturated rings. The van der Waals surface area contributed by atoms with Gasteiger partial charge in [0.25, 0.3) is 0 Å². The zero-order valence-corrected chi connectivity index (χ0v) is 18.7. The SMILES string of the molecule is Cc1cc(C)c(-c2csc(NC(=O)CCCS(=O)(=O)c3ccc(F)cc3)n2)c(C)c1. The standard InChI is InChI=1S/C22H23FN2O3S2/c1-14-11-15(2)21(16(3)12-14)19-13-29-22(24-19)25-20(26)5-4-10-30(27,28)18-8-6-17(23)7-9-18/h6-9,11-13H,4-5,10H2,1-3H3,(H,24,25,26). The molecule has 1 amide bonds. The number of sulfone groups is 1. The van der Waals surface area contributed by atoms with Crippen molar-refractivity contribution < 1.29 is 17.6 Å². The van der Waals surface area contributed by atoms with Crippen molar-refractivity contribution in [3.8, 4) is 11.3 Å². The van der Waals surface area contributed by atoms with Gasteiger partial charge in [-0.25, -0.2) is 17.8 Å². The molecule has 1 N–H and O–H groups in total. The predicted octanol–water partition coefficient (Wildman–Crippen LogP) is 5.07. The van der Waals surface area contributed by atoms with Gasteiger partial charge in [-0.1, -0.05) is 17.7 Å². The molecule has 0 bridgehead atoms. The molecule has 0 saturated heterocycles. The van der Waals surface area contributed by atoms with Gasteiger partial charge in [0.15, 0.2) is 15.0 Å². The van der Waals surface area contributed by atoms with Crippen LogP contribution in [0.25, 0.3) is 11.3 Å². The van der Waals surface area contributed by atoms with Gasteiger partial charge >= 0.3 is 0 Å². The lowest BCUT2D eigenvalue weighted by Gasteiger charge is -2.08. The molecule has 1 aromatic heterocycles. The van der Waals surface area contributed by atoms with E-state index in [1.807, 2.05) is 26.2 Å². The van der Waals surface area contributed by atoms with Gasteiger partial charge in [-0.05, 0) is 62.6 Å². The minimum atomic E-state index is -3.55. The normalized spacial score (nSPS) is 11.5. The Labute approximate surface area is 179 Å². The fraction of sp³-hybridized carbons (Fsp3) is 0.273. The van der Waals surface area contributed by atoms with Crippen LogP contribution in [0.15, 0.2) is 46.7 Å². The quantitative estimate of drug-likeness (QED) is 0.514. The van der Waals surface area contributed by atoms with E-state index in [0.29, 0.717) is 5.13 Å². The van der Waals surface area contributed by atoms with Gasteiger partial charge in [0, 0.05) is 17.4 Å². The Kier molecular flexibility index (Phi) is 6.67. The van der Waals surface area contributed by atoms with Gasteiger partial charge in [0.2, 0.25) is 5.91 Å². The first-order chi connectivity index (χ1) is 14.2. The monoisotopic (exact) mass is 446 g/mol. The van der Waals surface area contributed by atoms with E-state index in [0.717, 1.165) is 34.5 Å². The lowest BCUT2D eigenvalue weighted by molar-refractivity contribution is -0.116. The van der Waals surface area contributed by atoms with E-state index >= 15 is 0 Å². The fourth-order valence-electron chi connectivity index (χ4n) is 3.39. The highest BCUT2D eigenvalue weighted by Gasteiger charge is 2.16. The van der Waals surface area contributed by atoms with Crippen LogP contribution < -0.4 is 5.32 Å². The number of carbonyl (C=O) groups is 1. The van der Waals surface area contributed by atoms with Crippen LogP contribution in [-0.2, 0) is 14.6 Å².